The number of aromatic nitrogens is 1. The number of hydrogen-bond donors (Lipinski definition) is 0. The van der Waals surface area contributed by atoms with E-state index in [1.54, 1.807) is 0 Å². The van der Waals surface area contributed by atoms with E-state index in [9.17, 15) is 0 Å². The van der Waals surface area contributed by atoms with Crippen molar-refractivity contribution < 1.29 is 0 Å². The standard InChI is InChI=1S/C103H88BN3/c1-100(2,3)85-47-83(48-86(63-85)101(4,5)6)93-57-81(58-94(105-93)84-49-87(102(7,8)9)64-88(50-84)103(10,11)12)82-61-97-99-98(62-82)107(90-53-75(67-33-21-15-22-34-67)46-76(54-90)68-35-23-16-24-36-68)96-60-80-44-72-40-28-26-38-70(72)42-78(80)56-92(96)104(99)91-55-77-41-69-37-25-27-39-71(69)43-79(77)59-95(91)106(97)89-51-73(65-29-17-13-18-30-65)45-74(52-89)66-31-19-14-20-32-66/h13-64H,1-12H3. The topological polar surface area (TPSA) is 19.4 Å². The Morgan fingerprint density at radius 3 is 0.785 bits per heavy atom. The maximum atomic E-state index is 5.96. The van der Waals surface area contributed by atoms with E-state index in [1.807, 2.05) is 0 Å². The lowest BCUT2D eigenvalue weighted by atomic mass is 9.33. The minimum Gasteiger partial charge on any atom is -0.311 e. The van der Waals surface area contributed by atoms with Gasteiger partial charge in [0, 0.05) is 45.3 Å². The fourth-order valence-electron chi connectivity index (χ4n) is 16.5. The summed E-state index contributed by atoms with van der Waals surface area (Å²) in [4.78, 5) is 11.3. The molecule has 0 aliphatic carbocycles. The smallest absolute Gasteiger partial charge is 0.252 e. The van der Waals surface area contributed by atoms with Gasteiger partial charge in [0.15, 0.2) is 0 Å². The van der Waals surface area contributed by atoms with Crippen LogP contribution in [0, 0.1) is 0 Å². The minimum atomic E-state index is -0.231. The quantitative estimate of drug-likeness (QED) is 0.106. The number of nitrogens with zero attached hydrogens (tertiary/aromatic N) is 3. The lowest BCUT2D eigenvalue weighted by molar-refractivity contribution is 0.568. The summed E-state index contributed by atoms with van der Waals surface area (Å²) < 4.78 is 0. The monoisotopic (exact) mass is 1380 g/mol. The zero-order valence-corrected chi connectivity index (χ0v) is 63.4. The van der Waals surface area contributed by atoms with E-state index in [1.165, 1.54) is 81.7 Å². The highest BCUT2D eigenvalue weighted by Crippen LogP contribution is 2.51. The summed E-state index contributed by atoms with van der Waals surface area (Å²) in [5.74, 6) is 0. The van der Waals surface area contributed by atoms with Gasteiger partial charge in [0.05, 0.1) is 11.4 Å². The van der Waals surface area contributed by atoms with Gasteiger partial charge in [0.2, 0.25) is 0 Å². The summed E-state index contributed by atoms with van der Waals surface area (Å²) in [6, 6.07) is 120. The molecule has 0 N–H and O–H groups in total. The van der Waals surface area contributed by atoms with E-state index in [0.29, 0.717) is 0 Å². The molecule has 2 aliphatic rings. The average Bonchev–Trinajstić information content (AvgIpc) is 0.687. The summed E-state index contributed by atoms with van der Waals surface area (Å²) in [6.45, 7) is 27.8. The highest BCUT2D eigenvalue weighted by Gasteiger charge is 2.45. The maximum Gasteiger partial charge on any atom is 0.252 e. The van der Waals surface area contributed by atoms with Crippen LogP contribution in [0.15, 0.2) is 315 Å². The molecule has 0 bridgehead atoms. The molecule has 107 heavy (non-hydrogen) atoms. The van der Waals surface area contributed by atoms with Gasteiger partial charge in [-0.3, -0.25) is 0 Å². The first-order valence-corrected chi connectivity index (χ1v) is 38.1. The Hall–Kier alpha value is -11.8. The van der Waals surface area contributed by atoms with E-state index in [4.69, 9.17) is 4.98 Å². The first-order chi connectivity index (χ1) is 51.5. The van der Waals surface area contributed by atoms with Crippen LogP contribution in [0.5, 0.6) is 0 Å². The van der Waals surface area contributed by atoms with Gasteiger partial charge in [0.1, 0.15) is 0 Å². The summed E-state index contributed by atoms with van der Waals surface area (Å²) in [5.41, 5.74) is 30.4. The van der Waals surface area contributed by atoms with Gasteiger partial charge in [-0.1, -0.05) is 277 Å². The summed E-state index contributed by atoms with van der Waals surface area (Å²) in [5, 5.41) is 9.65. The van der Waals surface area contributed by atoms with Crippen molar-refractivity contribution in [2.24, 2.45) is 0 Å². The fraction of sp³-hybridized carbons (Fsp3) is 0.155. The van der Waals surface area contributed by atoms with Gasteiger partial charge in [-0.05, 0) is 280 Å². The average molecular weight is 1380 g/mol. The van der Waals surface area contributed by atoms with E-state index >= 15 is 0 Å². The summed E-state index contributed by atoms with van der Waals surface area (Å²) in [6.07, 6.45) is 0. The highest BCUT2D eigenvalue weighted by atomic mass is 15.2. The third kappa shape index (κ3) is 12.4. The second-order valence-electron chi connectivity index (χ2n) is 34.2. The predicted octanol–water partition coefficient (Wildman–Crippen LogP) is 26.6. The Kier molecular flexibility index (Phi) is 16.0. The molecule has 0 atom stereocenters. The molecule has 18 rings (SSSR count). The molecule has 518 valence electrons. The molecule has 4 heteroatoms. The Bertz CT molecular complexity index is 5670. The predicted molar refractivity (Wildman–Crippen MR) is 461 cm³/mol. The molecule has 3 heterocycles. The Balaban J connectivity index is 1.02. The lowest BCUT2D eigenvalue weighted by Crippen LogP contribution is -2.61. The maximum absolute atomic E-state index is 5.96. The van der Waals surface area contributed by atoms with Crippen molar-refractivity contribution in [1.82, 2.24) is 4.98 Å². The van der Waals surface area contributed by atoms with Crippen molar-refractivity contribution in [3.8, 4) is 78.1 Å². The van der Waals surface area contributed by atoms with Crippen molar-refractivity contribution in [2.45, 2.75) is 105 Å². The number of fused-ring (bicyclic) bond motifs is 8. The molecule has 15 aromatic carbocycles. The van der Waals surface area contributed by atoms with Gasteiger partial charge >= 0.3 is 0 Å². The molecule has 16 aromatic rings. The van der Waals surface area contributed by atoms with Crippen LogP contribution in [0.1, 0.15) is 105 Å². The minimum absolute atomic E-state index is 0.135. The van der Waals surface area contributed by atoms with Crippen molar-refractivity contribution in [3.63, 3.8) is 0 Å². The number of benzene rings is 15. The molecule has 3 nitrogen and oxygen atoms in total. The van der Waals surface area contributed by atoms with Gasteiger partial charge in [-0.2, -0.15) is 0 Å². The molecule has 0 amide bonds. The second kappa shape index (κ2) is 25.5. The second-order valence-corrected chi connectivity index (χ2v) is 34.2. The fourth-order valence-corrected chi connectivity index (χ4v) is 16.5. The van der Waals surface area contributed by atoms with Crippen LogP contribution in [-0.2, 0) is 21.7 Å². The third-order valence-electron chi connectivity index (χ3n) is 22.6. The largest absolute Gasteiger partial charge is 0.311 e. The van der Waals surface area contributed by atoms with E-state index < -0.39 is 0 Å². The van der Waals surface area contributed by atoms with Gasteiger partial charge in [-0.25, -0.2) is 4.98 Å². The van der Waals surface area contributed by atoms with Crippen LogP contribution in [-0.4, -0.2) is 11.7 Å². The van der Waals surface area contributed by atoms with Gasteiger partial charge in [0.25, 0.3) is 6.71 Å². The normalized spacial score (nSPS) is 13.0. The van der Waals surface area contributed by atoms with Crippen LogP contribution in [0.3, 0.4) is 0 Å². The number of pyridine rings is 1. The molecule has 0 saturated carbocycles. The third-order valence-corrected chi connectivity index (χ3v) is 22.6. The van der Waals surface area contributed by atoms with Crippen LogP contribution in [0.2, 0.25) is 0 Å². The van der Waals surface area contributed by atoms with Gasteiger partial charge in [-0.15, -0.1) is 0 Å². The Morgan fingerprint density at radius 1 is 0.215 bits per heavy atom. The van der Waals surface area contributed by atoms with Crippen LogP contribution >= 0.6 is 0 Å². The first kappa shape index (κ1) is 67.1. The van der Waals surface area contributed by atoms with Crippen LogP contribution in [0.25, 0.3) is 121 Å². The SMILES string of the molecule is CC(C)(C)c1cc(-c2cc(-c3cc4c5c(c3)N(c3cc(-c6ccccc6)cc(-c6ccccc6)c3)c3cc6cc7ccccc7cc6cc3B5c3cc5cc6ccccc6cc5cc3N4c3cc(-c4ccccc4)cc(-c4ccccc4)c3)cc(-c3cc(C(C)(C)C)cc(C(C)(C)C)c3)n2)cc(C(C)(C)C)c1. The van der Waals surface area contributed by atoms with Gasteiger partial charge < -0.3 is 9.80 Å². The van der Waals surface area contributed by atoms with Crippen molar-refractivity contribution in [3.05, 3.63) is 338 Å². The number of anilines is 6. The molecular formula is C103H88BN3. The van der Waals surface area contributed by atoms with Crippen LogP contribution in [0.4, 0.5) is 34.1 Å². The molecule has 0 fully saturated rings. The van der Waals surface area contributed by atoms with E-state index in [2.05, 4.69) is 408 Å². The van der Waals surface area contributed by atoms with Crippen molar-refractivity contribution in [1.29, 1.82) is 0 Å². The van der Waals surface area contributed by atoms with E-state index in [0.717, 1.165) is 112 Å². The molecule has 0 unspecified atom stereocenters. The summed E-state index contributed by atoms with van der Waals surface area (Å²) in [7, 11) is 0. The molecular weight excluding hydrogens is 1290 g/mol. The van der Waals surface area contributed by atoms with Crippen molar-refractivity contribution in [2.75, 3.05) is 9.80 Å². The first-order valence-electron chi connectivity index (χ1n) is 38.1. The molecule has 0 saturated heterocycles. The van der Waals surface area contributed by atoms with Crippen molar-refractivity contribution >= 4 is 100 Å². The number of rotatable bonds is 9. The lowest BCUT2D eigenvalue weighted by Gasteiger charge is -2.45. The molecule has 1 aromatic heterocycles. The number of hydrogen-bond acceptors (Lipinski definition) is 3. The highest BCUT2D eigenvalue weighted by molar-refractivity contribution is 7.00. The Labute approximate surface area is 631 Å². The summed E-state index contributed by atoms with van der Waals surface area (Å²) >= 11 is 0. The zero-order valence-electron chi connectivity index (χ0n) is 63.4. The molecule has 0 spiro atoms. The Morgan fingerprint density at radius 2 is 0.486 bits per heavy atom. The van der Waals surface area contributed by atoms with E-state index in [-0.39, 0.29) is 28.4 Å². The molecule has 2 aliphatic heterocycles. The molecule has 0 radical (unpaired) electrons. The van der Waals surface area contributed by atoms with Crippen LogP contribution < -0.4 is 26.2 Å². The zero-order chi connectivity index (χ0) is 73.4.